The first-order valence-electron chi connectivity index (χ1n) is 5.79. The van der Waals surface area contributed by atoms with E-state index in [0.717, 1.165) is 12.1 Å². The van der Waals surface area contributed by atoms with Gasteiger partial charge in [-0.1, -0.05) is 23.2 Å². The van der Waals surface area contributed by atoms with E-state index >= 15 is 0 Å². The molecule has 0 bridgehead atoms. The van der Waals surface area contributed by atoms with Crippen LogP contribution in [0.3, 0.4) is 0 Å². The molecule has 0 fully saturated rings. The van der Waals surface area contributed by atoms with Crippen molar-refractivity contribution < 1.29 is 19.0 Å². The highest BCUT2D eigenvalue weighted by Crippen LogP contribution is 2.29. The summed E-state index contributed by atoms with van der Waals surface area (Å²) >= 11 is 11.6. The summed E-state index contributed by atoms with van der Waals surface area (Å²) in [6.07, 6.45) is 2.35. The predicted octanol–water partition coefficient (Wildman–Crippen LogP) is 5.02. The van der Waals surface area contributed by atoms with Gasteiger partial charge in [-0.05, 0) is 42.0 Å². The largest absolute Gasteiger partial charge is 0.478 e. The van der Waals surface area contributed by atoms with Gasteiger partial charge in [0, 0.05) is 12.1 Å². The van der Waals surface area contributed by atoms with Crippen molar-refractivity contribution in [3.05, 3.63) is 63.9 Å². The SMILES string of the molecule is O=C(O)/C=C/c1ccc(Oc2ccc(Cl)c(F)c2)cc1Cl. The first-order chi connectivity index (χ1) is 9.95. The molecule has 0 aliphatic heterocycles. The summed E-state index contributed by atoms with van der Waals surface area (Å²) in [5.74, 6) is -0.972. The van der Waals surface area contributed by atoms with Crippen LogP contribution in [-0.2, 0) is 4.79 Å². The molecule has 0 aromatic heterocycles. The first-order valence-corrected chi connectivity index (χ1v) is 6.55. The predicted molar refractivity (Wildman–Crippen MR) is 79.6 cm³/mol. The zero-order valence-electron chi connectivity index (χ0n) is 10.5. The van der Waals surface area contributed by atoms with Gasteiger partial charge in [-0.25, -0.2) is 9.18 Å². The van der Waals surface area contributed by atoms with Gasteiger partial charge in [-0.2, -0.15) is 0 Å². The Morgan fingerprint density at radius 1 is 1.10 bits per heavy atom. The number of rotatable bonds is 4. The van der Waals surface area contributed by atoms with Gasteiger partial charge < -0.3 is 9.84 Å². The molecule has 0 unspecified atom stereocenters. The molecule has 1 N–H and O–H groups in total. The molecule has 0 saturated heterocycles. The number of carbonyl (C=O) groups is 1. The van der Waals surface area contributed by atoms with E-state index in [1.807, 2.05) is 0 Å². The third-order valence-electron chi connectivity index (χ3n) is 2.50. The molecule has 6 heteroatoms. The van der Waals surface area contributed by atoms with Crippen molar-refractivity contribution in [3.8, 4) is 11.5 Å². The van der Waals surface area contributed by atoms with Crippen molar-refractivity contribution in [2.45, 2.75) is 0 Å². The number of halogens is 3. The maximum atomic E-state index is 13.3. The Balaban J connectivity index is 2.20. The normalized spacial score (nSPS) is 10.8. The zero-order valence-corrected chi connectivity index (χ0v) is 12.0. The van der Waals surface area contributed by atoms with Crippen molar-refractivity contribution in [3.63, 3.8) is 0 Å². The van der Waals surface area contributed by atoms with E-state index < -0.39 is 11.8 Å². The molecular formula is C15H9Cl2FO3. The molecule has 0 atom stereocenters. The first kappa shape index (κ1) is 15.4. The molecule has 0 aliphatic carbocycles. The molecular weight excluding hydrogens is 318 g/mol. The minimum atomic E-state index is -1.07. The van der Waals surface area contributed by atoms with Gasteiger partial charge in [0.1, 0.15) is 17.3 Å². The molecule has 21 heavy (non-hydrogen) atoms. The smallest absolute Gasteiger partial charge is 0.328 e. The van der Waals surface area contributed by atoms with Gasteiger partial charge in [-0.15, -0.1) is 0 Å². The standard InChI is InChI=1S/C15H9Cl2FO3/c16-12-5-4-11(8-14(12)18)21-10-3-1-9(13(17)7-10)2-6-15(19)20/h1-8H,(H,19,20)/b6-2+. The quantitative estimate of drug-likeness (QED) is 0.802. The topological polar surface area (TPSA) is 46.5 Å². The summed E-state index contributed by atoms with van der Waals surface area (Å²) in [6, 6.07) is 8.78. The van der Waals surface area contributed by atoms with Crippen LogP contribution in [0, 0.1) is 5.82 Å². The van der Waals surface area contributed by atoms with E-state index in [1.165, 1.54) is 24.3 Å². The lowest BCUT2D eigenvalue weighted by Crippen LogP contribution is -1.88. The van der Waals surface area contributed by atoms with E-state index in [0.29, 0.717) is 16.3 Å². The van der Waals surface area contributed by atoms with Crippen LogP contribution in [0.1, 0.15) is 5.56 Å². The highest BCUT2D eigenvalue weighted by molar-refractivity contribution is 6.32. The second kappa shape index (κ2) is 6.61. The summed E-state index contributed by atoms with van der Waals surface area (Å²) in [6.45, 7) is 0. The van der Waals surface area contributed by atoms with Crippen molar-refractivity contribution >= 4 is 35.2 Å². The number of ether oxygens (including phenoxy) is 1. The van der Waals surface area contributed by atoms with Crippen LogP contribution in [0.4, 0.5) is 4.39 Å². The Bertz CT molecular complexity index is 714. The van der Waals surface area contributed by atoms with Gasteiger partial charge in [0.25, 0.3) is 0 Å². The van der Waals surface area contributed by atoms with Gasteiger partial charge in [0.15, 0.2) is 0 Å². The Labute approximate surface area is 130 Å². The van der Waals surface area contributed by atoms with E-state index in [4.69, 9.17) is 33.0 Å². The monoisotopic (exact) mass is 326 g/mol. The lowest BCUT2D eigenvalue weighted by atomic mass is 10.2. The molecule has 0 spiro atoms. The molecule has 0 saturated carbocycles. The van der Waals surface area contributed by atoms with Crippen molar-refractivity contribution in [1.82, 2.24) is 0 Å². The Morgan fingerprint density at radius 2 is 1.76 bits per heavy atom. The average molecular weight is 327 g/mol. The van der Waals surface area contributed by atoms with E-state index in [2.05, 4.69) is 0 Å². The van der Waals surface area contributed by atoms with Gasteiger partial charge in [-0.3, -0.25) is 0 Å². The van der Waals surface area contributed by atoms with Crippen LogP contribution in [0.15, 0.2) is 42.5 Å². The lowest BCUT2D eigenvalue weighted by Gasteiger charge is -2.07. The fourth-order valence-electron chi connectivity index (χ4n) is 1.54. The van der Waals surface area contributed by atoms with Crippen LogP contribution < -0.4 is 4.74 Å². The second-order valence-electron chi connectivity index (χ2n) is 4.03. The third-order valence-corrected chi connectivity index (χ3v) is 3.14. The highest BCUT2D eigenvalue weighted by Gasteiger charge is 2.05. The second-order valence-corrected chi connectivity index (χ2v) is 4.85. The molecule has 3 nitrogen and oxygen atoms in total. The molecule has 0 heterocycles. The third kappa shape index (κ3) is 4.21. The van der Waals surface area contributed by atoms with Crippen molar-refractivity contribution in [2.75, 3.05) is 0 Å². The highest BCUT2D eigenvalue weighted by atomic mass is 35.5. The molecule has 2 aromatic rings. The number of hydrogen-bond donors (Lipinski definition) is 1. The minimum Gasteiger partial charge on any atom is -0.478 e. The fourth-order valence-corrected chi connectivity index (χ4v) is 1.90. The van der Waals surface area contributed by atoms with Crippen LogP contribution >= 0.6 is 23.2 Å². The number of carboxylic acid groups (broad SMARTS) is 1. The molecule has 2 rings (SSSR count). The van der Waals surface area contributed by atoms with Gasteiger partial charge in [0.2, 0.25) is 0 Å². The maximum absolute atomic E-state index is 13.3. The van der Waals surface area contributed by atoms with Gasteiger partial charge >= 0.3 is 5.97 Å². The Hall–Kier alpha value is -2.04. The molecule has 2 aromatic carbocycles. The van der Waals surface area contributed by atoms with Gasteiger partial charge in [0.05, 0.1) is 10.0 Å². The average Bonchev–Trinajstić information content (AvgIpc) is 2.42. The van der Waals surface area contributed by atoms with E-state index in [1.54, 1.807) is 12.1 Å². The number of carboxylic acids is 1. The van der Waals surface area contributed by atoms with E-state index in [-0.39, 0.29) is 10.8 Å². The maximum Gasteiger partial charge on any atom is 0.328 e. The summed E-state index contributed by atoms with van der Waals surface area (Å²) in [5.41, 5.74) is 0.536. The van der Waals surface area contributed by atoms with Crippen molar-refractivity contribution in [2.24, 2.45) is 0 Å². The molecule has 108 valence electrons. The molecule has 0 aliphatic rings. The Kier molecular flexibility index (Phi) is 4.83. The van der Waals surface area contributed by atoms with E-state index in [9.17, 15) is 9.18 Å². The summed E-state index contributed by atoms with van der Waals surface area (Å²) in [4.78, 5) is 10.5. The summed E-state index contributed by atoms with van der Waals surface area (Å²) in [7, 11) is 0. The minimum absolute atomic E-state index is 0.00883. The molecule has 0 radical (unpaired) electrons. The van der Waals surface area contributed by atoms with Crippen molar-refractivity contribution in [1.29, 1.82) is 0 Å². The number of aliphatic carboxylic acids is 1. The lowest BCUT2D eigenvalue weighted by molar-refractivity contribution is -0.131. The summed E-state index contributed by atoms with van der Waals surface area (Å²) < 4.78 is 18.8. The van der Waals surface area contributed by atoms with Crippen LogP contribution in [0.2, 0.25) is 10.0 Å². The van der Waals surface area contributed by atoms with Crippen LogP contribution in [0.25, 0.3) is 6.08 Å². The number of hydrogen-bond acceptors (Lipinski definition) is 2. The molecule has 0 amide bonds. The van der Waals surface area contributed by atoms with Crippen LogP contribution in [-0.4, -0.2) is 11.1 Å². The Morgan fingerprint density at radius 3 is 2.38 bits per heavy atom. The summed E-state index contributed by atoms with van der Waals surface area (Å²) in [5, 5.41) is 8.89. The van der Waals surface area contributed by atoms with Crippen LogP contribution in [0.5, 0.6) is 11.5 Å². The number of benzene rings is 2. The fraction of sp³-hybridized carbons (Fsp3) is 0. The zero-order chi connectivity index (χ0) is 15.4.